The number of hydrogen-bond acceptors (Lipinski definition) is 3. The van der Waals surface area contributed by atoms with Crippen molar-refractivity contribution in [2.75, 3.05) is 0 Å². The molecule has 88 valence electrons. The summed E-state index contributed by atoms with van der Waals surface area (Å²) >= 11 is 10.8. The van der Waals surface area contributed by atoms with Crippen LogP contribution in [0.5, 0.6) is 0 Å². The van der Waals surface area contributed by atoms with Crippen LogP contribution in [0, 0.1) is 0 Å². The number of aliphatic hydroxyl groups is 1. The summed E-state index contributed by atoms with van der Waals surface area (Å²) in [4.78, 5) is 9.99. The van der Waals surface area contributed by atoms with Crippen molar-refractivity contribution in [3.63, 3.8) is 0 Å². The van der Waals surface area contributed by atoms with E-state index in [0.29, 0.717) is 12.8 Å². The second-order valence-corrected chi connectivity index (χ2v) is 4.93. The maximum absolute atomic E-state index is 11.2. The van der Waals surface area contributed by atoms with Gasteiger partial charge in [0.25, 0.3) is 0 Å². The molecule has 1 rings (SSSR count). The predicted octanol–water partition coefficient (Wildman–Crippen LogP) is 2.42. The Morgan fingerprint density at radius 1 is 1.20 bits per heavy atom. The highest BCUT2D eigenvalue weighted by Crippen LogP contribution is 2.21. The topological polar surface area (TPSA) is 46.5 Å². The van der Waals surface area contributed by atoms with Gasteiger partial charge in [-0.05, 0) is 19.3 Å². The molecule has 0 heterocycles. The highest BCUT2D eigenvalue weighted by atomic mass is 35.5. The molecule has 0 aromatic rings. The van der Waals surface area contributed by atoms with E-state index in [9.17, 15) is 9.90 Å². The first-order valence-corrected chi connectivity index (χ1v) is 6.15. The van der Waals surface area contributed by atoms with Gasteiger partial charge >= 0.3 is 5.97 Å². The smallest absolute Gasteiger partial charge is 0.339 e. The van der Waals surface area contributed by atoms with E-state index in [4.69, 9.17) is 27.9 Å². The second-order valence-electron chi connectivity index (χ2n) is 3.83. The molecule has 0 amide bonds. The molecule has 0 aromatic heterocycles. The van der Waals surface area contributed by atoms with Crippen molar-refractivity contribution in [2.24, 2.45) is 0 Å². The first kappa shape index (κ1) is 13.1. The van der Waals surface area contributed by atoms with E-state index in [0.717, 1.165) is 25.7 Å². The molecule has 0 saturated heterocycles. The van der Waals surface area contributed by atoms with Gasteiger partial charge in [0.15, 0.2) is 0 Å². The first-order valence-electron chi connectivity index (χ1n) is 5.28. The maximum atomic E-state index is 11.2. The molecule has 0 bridgehead atoms. The average Bonchev–Trinajstić information content (AvgIpc) is 2.17. The lowest BCUT2D eigenvalue weighted by molar-refractivity contribution is -0.154. The lowest BCUT2D eigenvalue weighted by Gasteiger charge is -2.25. The largest absolute Gasteiger partial charge is 0.458 e. The second kappa shape index (κ2) is 6.56. The third-order valence-corrected chi connectivity index (χ3v) is 2.97. The van der Waals surface area contributed by atoms with Gasteiger partial charge in [0.2, 0.25) is 4.84 Å². The Kier molecular flexibility index (Phi) is 5.72. The Balaban J connectivity index is 2.45. The van der Waals surface area contributed by atoms with Crippen LogP contribution >= 0.6 is 23.2 Å². The van der Waals surface area contributed by atoms with Crippen LogP contribution in [-0.2, 0) is 9.53 Å². The van der Waals surface area contributed by atoms with Crippen LogP contribution in [0.15, 0.2) is 0 Å². The molecule has 0 unspecified atom stereocenters. The third kappa shape index (κ3) is 4.58. The molecule has 1 aliphatic carbocycles. The molecule has 0 spiro atoms. The molecule has 0 aromatic carbocycles. The van der Waals surface area contributed by atoms with Gasteiger partial charge in [-0.15, -0.1) is 0 Å². The Morgan fingerprint density at radius 3 is 2.40 bits per heavy atom. The summed E-state index contributed by atoms with van der Waals surface area (Å²) in [6.07, 6.45) is 4.52. The van der Waals surface area contributed by atoms with E-state index < -0.39 is 23.0 Å². The van der Waals surface area contributed by atoms with Gasteiger partial charge in [0.05, 0.1) is 6.10 Å². The lowest BCUT2D eigenvalue weighted by Crippen LogP contribution is -2.33. The highest BCUT2D eigenvalue weighted by molar-refractivity contribution is 6.52. The van der Waals surface area contributed by atoms with Crippen molar-refractivity contribution in [1.29, 1.82) is 0 Å². The fourth-order valence-corrected chi connectivity index (χ4v) is 1.87. The molecule has 3 nitrogen and oxygen atoms in total. The zero-order chi connectivity index (χ0) is 11.3. The minimum Gasteiger partial charge on any atom is -0.458 e. The summed E-state index contributed by atoms with van der Waals surface area (Å²) in [5.41, 5.74) is 0. The molecule has 5 heteroatoms. The number of carbonyl (C=O) groups excluding carboxylic acids is 1. The Bertz CT molecular complexity index is 209. The molecule has 1 N–H and O–H groups in total. The zero-order valence-electron chi connectivity index (χ0n) is 8.49. The number of hydrogen-bond donors (Lipinski definition) is 1. The van der Waals surface area contributed by atoms with Crippen LogP contribution in [0.25, 0.3) is 0 Å². The van der Waals surface area contributed by atoms with Crippen molar-refractivity contribution in [1.82, 2.24) is 0 Å². The quantitative estimate of drug-likeness (QED) is 0.608. The monoisotopic (exact) mass is 254 g/mol. The Hall–Kier alpha value is 0.01000. The Labute approximate surface area is 99.7 Å². The standard InChI is InChI=1S/C10H16Cl2O3/c11-9(12)10(14)15-8-6-4-2-1-3-5-7(8)13/h7-9,13H,1-6H2/t7-,8+/m0/s1. The first-order chi connectivity index (χ1) is 7.11. The molecular weight excluding hydrogens is 239 g/mol. The van der Waals surface area contributed by atoms with Crippen LogP contribution in [0.1, 0.15) is 38.5 Å². The number of aliphatic hydroxyl groups excluding tert-OH is 1. The van der Waals surface area contributed by atoms with E-state index in [1.807, 2.05) is 0 Å². The zero-order valence-corrected chi connectivity index (χ0v) is 10.0. The molecule has 0 radical (unpaired) electrons. The number of rotatable bonds is 2. The van der Waals surface area contributed by atoms with Crippen LogP contribution in [0.4, 0.5) is 0 Å². The average molecular weight is 255 g/mol. The predicted molar refractivity (Wildman–Crippen MR) is 59.1 cm³/mol. The van der Waals surface area contributed by atoms with Crippen molar-refractivity contribution in [3.05, 3.63) is 0 Å². The van der Waals surface area contributed by atoms with Gasteiger partial charge in [-0.3, -0.25) is 0 Å². The molecule has 1 fully saturated rings. The fourth-order valence-electron chi connectivity index (χ4n) is 1.77. The number of ether oxygens (including phenoxy) is 1. The molecule has 0 aliphatic heterocycles. The Morgan fingerprint density at radius 2 is 1.80 bits per heavy atom. The molecular formula is C10H16Cl2O3. The number of esters is 1. The van der Waals surface area contributed by atoms with Crippen LogP contribution < -0.4 is 0 Å². The van der Waals surface area contributed by atoms with Crippen molar-refractivity contribution < 1.29 is 14.6 Å². The van der Waals surface area contributed by atoms with E-state index in [1.54, 1.807) is 0 Å². The summed E-state index contributed by atoms with van der Waals surface area (Å²) in [5.74, 6) is -0.664. The van der Waals surface area contributed by atoms with Crippen molar-refractivity contribution in [3.8, 4) is 0 Å². The highest BCUT2D eigenvalue weighted by Gasteiger charge is 2.26. The number of alkyl halides is 2. The number of carbonyl (C=O) groups is 1. The van der Waals surface area contributed by atoms with E-state index in [2.05, 4.69) is 0 Å². The normalized spacial score (nSPS) is 28.3. The fraction of sp³-hybridized carbons (Fsp3) is 0.900. The van der Waals surface area contributed by atoms with Crippen molar-refractivity contribution >= 4 is 29.2 Å². The maximum Gasteiger partial charge on any atom is 0.339 e. The lowest BCUT2D eigenvalue weighted by atomic mass is 9.96. The van der Waals surface area contributed by atoms with Crippen LogP contribution in [0.2, 0.25) is 0 Å². The van der Waals surface area contributed by atoms with Gasteiger partial charge < -0.3 is 9.84 Å². The summed E-state index contributed by atoms with van der Waals surface area (Å²) in [6, 6.07) is 0. The van der Waals surface area contributed by atoms with E-state index in [-0.39, 0.29) is 0 Å². The van der Waals surface area contributed by atoms with E-state index in [1.165, 1.54) is 0 Å². The molecule has 15 heavy (non-hydrogen) atoms. The van der Waals surface area contributed by atoms with Gasteiger partial charge in [0, 0.05) is 0 Å². The molecule has 2 atom stereocenters. The SMILES string of the molecule is O=C(O[C@@H]1CCCCCC[C@@H]1O)C(Cl)Cl. The molecule has 1 saturated carbocycles. The summed E-state index contributed by atoms with van der Waals surface area (Å²) < 4.78 is 5.05. The van der Waals surface area contributed by atoms with Gasteiger partial charge in [-0.1, -0.05) is 42.5 Å². The molecule has 1 aliphatic rings. The van der Waals surface area contributed by atoms with Crippen molar-refractivity contribution in [2.45, 2.75) is 55.6 Å². The summed E-state index contributed by atoms with van der Waals surface area (Å²) in [7, 11) is 0. The van der Waals surface area contributed by atoms with Crippen LogP contribution in [0.3, 0.4) is 0 Å². The minimum absolute atomic E-state index is 0.446. The third-order valence-electron chi connectivity index (χ3n) is 2.61. The van der Waals surface area contributed by atoms with Gasteiger partial charge in [-0.2, -0.15) is 0 Å². The number of halogens is 2. The summed E-state index contributed by atoms with van der Waals surface area (Å²) in [6.45, 7) is 0. The summed E-state index contributed by atoms with van der Waals surface area (Å²) in [5, 5.41) is 9.74. The minimum atomic E-state index is -1.16. The van der Waals surface area contributed by atoms with Gasteiger partial charge in [0.1, 0.15) is 6.10 Å². The van der Waals surface area contributed by atoms with E-state index >= 15 is 0 Å². The van der Waals surface area contributed by atoms with Gasteiger partial charge in [-0.25, -0.2) is 4.79 Å². The van der Waals surface area contributed by atoms with Crippen LogP contribution in [-0.4, -0.2) is 28.1 Å².